The van der Waals surface area contributed by atoms with Gasteiger partial charge in [0.15, 0.2) is 12.2 Å². The van der Waals surface area contributed by atoms with E-state index in [1.165, 1.54) is 225 Å². The number of carbonyl (C=O) groups is 4. The van der Waals surface area contributed by atoms with Gasteiger partial charge in [0.1, 0.15) is 19.3 Å². The van der Waals surface area contributed by atoms with Crippen LogP contribution in [-0.2, 0) is 65.4 Å². The number of esters is 4. The fraction of sp³-hybridized carbons (Fsp3) is 0.951. The molecule has 0 saturated heterocycles. The van der Waals surface area contributed by atoms with Crippen LogP contribution in [0.2, 0.25) is 0 Å². The first kappa shape index (κ1) is 99.1. The van der Waals surface area contributed by atoms with Crippen LogP contribution in [-0.4, -0.2) is 96.7 Å². The second kappa shape index (κ2) is 71.0. The number of rotatable bonds is 79. The number of phosphoric acid groups is 2. The minimum Gasteiger partial charge on any atom is -0.462 e. The molecular formula is C82H160O17P2. The van der Waals surface area contributed by atoms with Crippen molar-refractivity contribution >= 4 is 39.5 Å². The average Bonchev–Trinajstić information content (AvgIpc) is 0.933. The largest absolute Gasteiger partial charge is 0.472 e. The van der Waals surface area contributed by atoms with Crippen LogP contribution in [0.3, 0.4) is 0 Å². The lowest BCUT2D eigenvalue weighted by molar-refractivity contribution is -0.161. The summed E-state index contributed by atoms with van der Waals surface area (Å²) in [4.78, 5) is 73.1. The van der Waals surface area contributed by atoms with Gasteiger partial charge in [0, 0.05) is 25.7 Å². The number of phosphoric ester groups is 2. The van der Waals surface area contributed by atoms with Crippen LogP contribution < -0.4 is 0 Å². The van der Waals surface area contributed by atoms with E-state index in [0.29, 0.717) is 25.7 Å². The average molecular weight is 1480 g/mol. The summed E-state index contributed by atoms with van der Waals surface area (Å²) in [6.45, 7) is 14.3. The zero-order valence-electron chi connectivity index (χ0n) is 66.5. The molecule has 101 heavy (non-hydrogen) atoms. The molecule has 0 rings (SSSR count). The summed E-state index contributed by atoms with van der Waals surface area (Å²) in [5, 5.41) is 10.7. The lowest BCUT2D eigenvalue weighted by Gasteiger charge is -2.21. The van der Waals surface area contributed by atoms with Gasteiger partial charge in [0.05, 0.1) is 26.4 Å². The third-order valence-corrected chi connectivity index (χ3v) is 21.7. The van der Waals surface area contributed by atoms with Crippen molar-refractivity contribution in [1.29, 1.82) is 0 Å². The number of hydrogen-bond donors (Lipinski definition) is 3. The fourth-order valence-corrected chi connectivity index (χ4v) is 14.1. The van der Waals surface area contributed by atoms with Crippen molar-refractivity contribution in [2.45, 2.75) is 440 Å². The Morgan fingerprint density at radius 3 is 0.703 bits per heavy atom. The Balaban J connectivity index is 5.25. The van der Waals surface area contributed by atoms with Crippen molar-refractivity contribution in [3.05, 3.63) is 0 Å². The van der Waals surface area contributed by atoms with Crippen molar-refractivity contribution in [3.8, 4) is 0 Å². The predicted molar refractivity (Wildman–Crippen MR) is 414 cm³/mol. The highest BCUT2D eigenvalue weighted by molar-refractivity contribution is 7.47. The van der Waals surface area contributed by atoms with E-state index < -0.39 is 97.5 Å². The molecule has 0 aliphatic rings. The minimum atomic E-state index is -4.96. The molecule has 4 unspecified atom stereocenters. The van der Waals surface area contributed by atoms with Crippen molar-refractivity contribution < 1.29 is 80.2 Å². The summed E-state index contributed by atoms with van der Waals surface area (Å²) in [5.74, 6) is 1.06. The molecule has 0 spiro atoms. The van der Waals surface area contributed by atoms with Crippen LogP contribution in [0.4, 0.5) is 0 Å². The molecule has 0 bridgehead atoms. The summed E-state index contributed by atoms with van der Waals surface area (Å²) in [6, 6.07) is 0. The van der Waals surface area contributed by atoms with Crippen LogP contribution >= 0.6 is 15.6 Å². The van der Waals surface area contributed by atoms with E-state index in [9.17, 15) is 43.2 Å². The van der Waals surface area contributed by atoms with Crippen LogP contribution in [0.25, 0.3) is 0 Å². The SMILES string of the molecule is CCC(C)CCCCCCCCCCCCC(=O)OC[C@H](COP(=O)(O)OC[C@@H](O)COP(=O)(O)OC[C@@H](COC(=O)CCCCCCCCCCCC(C)C)OC(=O)CCCCCCCCCCCCC(C)CC)OC(=O)CCCCCCCCCCCCCCCCCCCCC(C)C. The molecule has 0 aromatic rings. The van der Waals surface area contributed by atoms with Crippen molar-refractivity contribution in [1.82, 2.24) is 0 Å². The quantitative estimate of drug-likeness (QED) is 0.0222. The molecule has 600 valence electrons. The van der Waals surface area contributed by atoms with Gasteiger partial charge in [-0.05, 0) is 49.4 Å². The smallest absolute Gasteiger partial charge is 0.462 e. The second-order valence-corrected chi connectivity index (χ2v) is 33.9. The molecule has 0 aliphatic carbocycles. The second-order valence-electron chi connectivity index (χ2n) is 31.0. The van der Waals surface area contributed by atoms with Gasteiger partial charge in [-0.2, -0.15) is 0 Å². The van der Waals surface area contributed by atoms with E-state index in [4.69, 9.17) is 37.0 Å². The third kappa shape index (κ3) is 73.4. The van der Waals surface area contributed by atoms with E-state index in [1.54, 1.807) is 0 Å². The molecule has 0 fully saturated rings. The van der Waals surface area contributed by atoms with Gasteiger partial charge >= 0.3 is 39.5 Å². The summed E-state index contributed by atoms with van der Waals surface area (Å²) >= 11 is 0. The van der Waals surface area contributed by atoms with E-state index in [0.717, 1.165) is 114 Å². The van der Waals surface area contributed by atoms with Crippen LogP contribution in [0.1, 0.15) is 421 Å². The van der Waals surface area contributed by atoms with Crippen molar-refractivity contribution in [2.24, 2.45) is 23.7 Å². The molecule has 0 aromatic carbocycles. The Morgan fingerprint density at radius 1 is 0.277 bits per heavy atom. The molecule has 0 radical (unpaired) electrons. The van der Waals surface area contributed by atoms with Gasteiger partial charge in [-0.15, -0.1) is 0 Å². The molecule has 19 heteroatoms. The van der Waals surface area contributed by atoms with Gasteiger partial charge in [-0.1, -0.05) is 370 Å². The zero-order chi connectivity index (χ0) is 74.6. The summed E-state index contributed by atoms with van der Waals surface area (Å²) in [5.41, 5.74) is 0. The standard InChI is InChI=1S/C82H160O17P2/c1-9-74(7)60-52-44-36-28-21-23-30-38-46-54-62-79(84)92-68-77(98-81(86)64-56-48-40-31-20-18-16-14-12-11-13-15-17-19-26-34-42-50-58-72(3)4)70-96-100(88,89)94-66-76(83)67-95-101(90,91)97-71-78(69-93-80(85)63-55-47-39-33-25-27-35-43-51-59-73(5)6)99-82(87)65-57-49-41-32-24-22-29-37-45-53-61-75(8)10-2/h72-78,83H,9-71H2,1-8H3,(H,88,89)(H,90,91)/t74?,75?,76-,77-,78-/m1/s1. The van der Waals surface area contributed by atoms with Crippen LogP contribution in [0, 0.1) is 23.7 Å². The lowest BCUT2D eigenvalue weighted by atomic mass is 9.99. The first-order chi connectivity index (χ1) is 48.7. The summed E-state index contributed by atoms with van der Waals surface area (Å²) in [6.07, 6.45) is 58.1. The zero-order valence-corrected chi connectivity index (χ0v) is 68.3. The van der Waals surface area contributed by atoms with Gasteiger partial charge in [-0.3, -0.25) is 37.3 Å². The van der Waals surface area contributed by atoms with E-state index in [-0.39, 0.29) is 25.7 Å². The Morgan fingerprint density at radius 2 is 0.475 bits per heavy atom. The van der Waals surface area contributed by atoms with Gasteiger partial charge in [0.2, 0.25) is 0 Å². The third-order valence-electron chi connectivity index (χ3n) is 19.8. The maximum absolute atomic E-state index is 13.1. The molecule has 0 aliphatic heterocycles. The Labute approximate surface area is 619 Å². The molecule has 0 aromatic heterocycles. The van der Waals surface area contributed by atoms with Gasteiger partial charge < -0.3 is 33.8 Å². The fourth-order valence-electron chi connectivity index (χ4n) is 12.5. The number of aliphatic hydroxyl groups is 1. The topological polar surface area (TPSA) is 237 Å². The monoisotopic (exact) mass is 1480 g/mol. The molecule has 0 saturated carbocycles. The highest BCUT2D eigenvalue weighted by atomic mass is 31.2. The number of unbranched alkanes of at least 4 members (excludes halogenated alkanes) is 43. The Bertz CT molecular complexity index is 1980. The van der Waals surface area contributed by atoms with Crippen molar-refractivity contribution in [3.63, 3.8) is 0 Å². The number of hydrogen-bond acceptors (Lipinski definition) is 15. The normalized spacial score (nSPS) is 14.5. The van der Waals surface area contributed by atoms with Crippen molar-refractivity contribution in [2.75, 3.05) is 39.6 Å². The Hall–Kier alpha value is -1.94. The number of carbonyl (C=O) groups excluding carboxylic acids is 4. The number of ether oxygens (including phenoxy) is 4. The number of aliphatic hydroxyl groups excluding tert-OH is 1. The maximum Gasteiger partial charge on any atom is 0.472 e. The van der Waals surface area contributed by atoms with E-state index >= 15 is 0 Å². The molecule has 3 N–H and O–H groups in total. The van der Waals surface area contributed by atoms with Crippen LogP contribution in [0.15, 0.2) is 0 Å². The van der Waals surface area contributed by atoms with E-state index in [1.807, 2.05) is 0 Å². The lowest BCUT2D eigenvalue weighted by Crippen LogP contribution is -2.30. The van der Waals surface area contributed by atoms with Crippen LogP contribution in [0.5, 0.6) is 0 Å². The maximum atomic E-state index is 13.1. The van der Waals surface area contributed by atoms with Gasteiger partial charge in [0.25, 0.3) is 0 Å². The summed E-state index contributed by atoms with van der Waals surface area (Å²) < 4.78 is 68.8. The highest BCUT2D eigenvalue weighted by Gasteiger charge is 2.30. The first-order valence-electron chi connectivity index (χ1n) is 42.3. The molecule has 7 atom stereocenters. The molecule has 17 nitrogen and oxygen atoms in total. The predicted octanol–water partition coefficient (Wildman–Crippen LogP) is 24.4. The molecular weight excluding hydrogens is 1320 g/mol. The van der Waals surface area contributed by atoms with Gasteiger partial charge in [-0.25, -0.2) is 9.13 Å². The molecule has 0 heterocycles. The first-order valence-corrected chi connectivity index (χ1v) is 45.3. The highest BCUT2D eigenvalue weighted by Crippen LogP contribution is 2.45. The minimum absolute atomic E-state index is 0.106. The molecule has 0 amide bonds. The van der Waals surface area contributed by atoms with E-state index in [2.05, 4.69) is 55.4 Å². The Kier molecular flexibility index (Phi) is 69.6. The summed E-state index contributed by atoms with van der Waals surface area (Å²) in [7, 11) is -9.92.